The van der Waals surface area contributed by atoms with Crippen LogP contribution in [0.25, 0.3) is 22.3 Å². The van der Waals surface area contributed by atoms with Crippen molar-refractivity contribution >= 4 is 28.6 Å². The molecule has 5 rings (SSSR count). The van der Waals surface area contributed by atoms with Crippen molar-refractivity contribution < 1.29 is 18.7 Å². The third kappa shape index (κ3) is 3.86. The number of nitrogens with zero attached hydrogens (tertiary/aromatic N) is 3. The molecule has 1 aliphatic rings. The highest BCUT2D eigenvalue weighted by atomic mass is 32.2. The molecule has 0 saturated carbocycles. The first-order valence-electron chi connectivity index (χ1n) is 10.1. The van der Waals surface area contributed by atoms with Gasteiger partial charge in [-0.15, -0.1) is 10.2 Å². The Labute approximate surface area is 182 Å². The predicted molar refractivity (Wildman–Crippen MR) is 116 cm³/mol. The van der Waals surface area contributed by atoms with E-state index in [1.807, 2.05) is 24.4 Å². The first kappa shape index (κ1) is 19.9. The van der Waals surface area contributed by atoms with Gasteiger partial charge < -0.3 is 18.9 Å². The Hall–Kier alpha value is -3.04. The van der Waals surface area contributed by atoms with Crippen LogP contribution in [0.4, 0.5) is 0 Å². The van der Waals surface area contributed by atoms with Gasteiger partial charge in [-0.3, -0.25) is 4.57 Å². The first-order valence-corrected chi connectivity index (χ1v) is 11.1. The fourth-order valence-electron chi connectivity index (χ4n) is 3.88. The van der Waals surface area contributed by atoms with E-state index < -0.39 is 5.97 Å². The van der Waals surface area contributed by atoms with E-state index in [0.717, 1.165) is 46.9 Å². The molecule has 0 spiro atoms. The summed E-state index contributed by atoms with van der Waals surface area (Å²) in [4.78, 5) is 15.3. The number of para-hydroxylation sites is 1. The van der Waals surface area contributed by atoms with Crippen molar-refractivity contribution in [1.82, 2.24) is 19.7 Å². The lowest BCUT2D eigenvalue weighted by atomic mass is 10.1. The van der Waals surface area contributed by atoms with Crippen LogP contribution in [-0.2, 0) is 21.8 Å². The Morgan fingerprint density at radius 1 is 1.32 bits per heavy atom. The fourth-order valence-corrected chi connectivity index (χ4v) is 4.78. The summed E-state index contributed by atoms with van der Waals surface area (Å²) in [7, 11) is 1.36. The summed E-state index contributed by atoms with van der Waals surface area (Å²) >= 11 is 1.48. The number of hydrogen-bond donors (Lipinski definition) is 1. The summed E-state index contributed by atoms with van der Waals surface area (Å²) in [6, 6.07) is 9.76. The number of aromatic nitrogens is 4. The number of benzene rings is 1. The number of methoxy groups -OCH3 is 1. The summed E-state index contributed by atoms with van der Waals surface area (Å²) in [5.74, 6) is 1.37. The number of carbonyl (C=O) groups excluding carboxylic acids is 1. The average molecular weight is 439 g/mol. The monoisotopic (exact) mass is 438 g/mol. The minimum absolute atomic E-state index is 0.133. The minimum Gasteiger partial charge on any atom is -0.468 e. The van der Waals surface area contributed by atoms with Crippen LogP contribution in [-0.4, -0.2) is 45.5 Å². The molecule has 1 atom stereocenters. The number of fused-ring (bicyclic) bond motifs is 1. The third-order valence-corrected chi connectivity index (χ3v) is 6.41. The van der Waals surface area contributed by atoms with Crippen molar-refractivity contribution in [2.45, 2.75) is 36.4 Å². The molecule has 0 radical (unpaired) electrons. The Morgan fingerprint density at radius 3 is 3.06 bits per heavy atom. The topological polar surface area (TPSA) is 95.2 Å². The highest BCUT2D eigenvalue weighted by Crippen LogP contribution is 2.32. The van der Waals surface area contributed by atoms with Crippen LogP contribution in [0.5, 0.6) is 0 Å². The largest absolute Gasteiger partial charge is 0.468 e. The van der Waals surface area contributed by atoms with Gasteiger partial charge in [-0.25, -0.2) is 4.79 Å². The van der Waals surface area contributed by atoms with Gasteiger partial charge >= 0.3 is 5.97 Å². The zero-order valence-electron chi connectivity index (χ0n) is 17.0. The second-order valence-corrected chi connectivity index (χ2v) is 8.28. The smallest absolute Gasteiger partial charge is 0.341 e. The molecule has 160 valence electrons. The molecule has 0 amide bonds. The molecule has 31 heavy (non-hydrogen) atoms. The maximum atomic E-state index is 11.9. The van der Waals surface area contributed by atoms with E-state index in [9.17, 15) is 4.79 Å². The Morgan fingerprint density at radius 2 is 2.23 bits per heavy atom. The molecule has 0 unspecified atom stereocenters. The second kappa shape index (κ2) is 8.60. The quantitative estimate of drug-likeness (QED) is 0.340. The van der Waals surface area contributed by atoms with Crippen LogP contribution in [0.2, 0.25) is 0 Å². The van der Waals surface area contributed by atoms with Gasteiger partial charge in [0.1, 0.15) is 11.3 Å². The van der Waals surface area contributed by atoms with Crippen LogP contribution in [0.15, 0.2) is 52.4 Å². The fraction of sp³-hybridized carbons (Fsp3) is 0.318. The van der Waals surface area contributed by atoms with Crippen molar-refractivity contribution in [2.24, 2.45) is 0 Å². The lowest BCUT2D eigenvalue weighted by Crippen LogP contribution is -2.16. The summed E-state index contributed by atoms with van der Waals surface area (Å²) in [5, 5.41) is 10.8. The van der Waals surface area contributed by atoms with Crippen molar-refractivity contribution in [1.29, 1.82) is 0 Å². The molecule has 3 aromatic heterocycles. The van der Waals surface area contributed by atoms with Crippen molar-refractivity contribution in [3.63, 3.8) is 0 Å². The maximum absolute atomic E-state index is 11.9. The van der Waals surface area contributed by atoms with E-state index in [1.165, 1.54) is 25.1 Å². The van der Waals surface area contributed by atoms with Gasteiger partial charge in [0.15, 0.2) is 11.0 Å². The number of hydrogen-bond acceptors (Lipinski definition) is 7. The molecule has 0 bridgehead atoms. The minimum atomic E-state index is -0.412. The molecule has 1 N–H and O–H groups in total. The highest BCUT2D eigenvalue weighted by molar-refractivity contribution is 7.98. The summed E-state index contributed by atoms with van der Waals surface area (Å²) in [5.41, 5.74) is 2.48. The SMILES string of the molecule is COC(=O)c1ccoc1CSc1nnc(-c2c[nH]c3ccccc23)n1C[C@@H]1CCCO1. The summed E-state index contributed by atoms with van der Waals surface area (Å²) in [6.07, 6.45) is 5.68. The van der Waals surface area contributed by atoms with Gasteiger partial charge in [0.25, 0.3) is 0 Å². The van der Waals surface area contributed by atoms with Gasteiger partial charge in [0, 0.05) is 29.3 Å². The van der Waals surface area contributed by atoms with E-state index in [2.05, 4.69) is 25.8 Å². The van der Waals surface area contributed by atoms with Gasteiger partial charge in [-0.1, -0.05) is 30.0 Å². The van der Waals surface area contributed by atoms with Crippen molar-refractivity contribution in [2.75, 3.05) is 13.7 Å². The van der Waals surface area contributed by atoms with Crippen molar-refractivity contribution in [3.05, 3.63) is 54.1 Å². The average Bonchev–Trinajstić information content (AvgIpc) is 3.58. The summed E-state index contributed by atoms with van der Waals surface area (Å²) in [6.45, 7) is 1.46. The summed E-state index contributed by atoms with van der Waals surface area (Å²) < 4.78 is 18.3. The number of thioether (sulfide) groups is 1. The van der Waals surface area contributed by atoms with E-state index >= 15 is 0 Å². The predicted octanol–water partition coefficient (Wildman–Crippen LogP) is 4.28. The first-order chi connectivity index (χ1) is 15.2. The molecule has 1 aliphatic heterocycles. The van der Waals surface area contributed by atoms with Crippen LogP contribution in [0.3, 0.4) is 0 Å². The Bertz CT molecular complexity index is 1210. The normalized spacial score (nSPS) is 16.2. The highest BCUT2D eigenvalue weighted by Gasteiger charge is 2.24. The Balaban J connectivity index is 1.47. The standard InChI is InChI=1S/C22H22N4O4S/c1-28-21(27)16-8-10-30-19(16)13-31-22-25-24-20(26(22)12-14-5-4-9-29-14)17-11-23-18-7-3-2-6-15(17)18/h2-3,6-8,10-11,14,23H,4-5,9,12-13H2,1H3/t14-/m0/s1. The maximum Gasteiger partial charge on any atom is 0.341 e. The zero-order chi connectivity index (χ0) is 21.2. The number of furan rings is 1. The molecular weight excluding hydrogens is 416 g/mol. The van der Waals surface area contributed by atoms with Crippen LogP contribution in [0, 0.1) is 0 Å². The van der Waals surface area contributed by atoms with Gasteiger partial charge in [0.2, 0.25) is 0 Å². The van der Waals surface area contributed by atoms with Gasteiger partial charge in [-0.2, -0.15) is 0 Å². The number of nitrogens with one attached hydrogen (secondary N) is 1. The number of rotatable bonds is 7. The lowest BCUT2D eigenvalue weighted by Gasteiger charge is -2.14. The second-order valence-electron chi connectivity index (χ2n) is 7.34. The van der Waals surface area contributed by atoms with Crippen LogP contribution in [0.1, 0.15) is 29.0 Å². The number of carbonyl (C=O) groups is 1. The molecule has 4 aromatic rings. The molecule has 1 fully saturated rings. The zero-order valence-corrected chi connectivity index (χ0v) is 17.9. The van der Waals surface area contributed by atoms with E-state index in [0.29, 0.717) is 23.6 Å². The molecule has 9 heteroatoms. The number of aromatic amines is 1. The molecular formula is C22H22N4O4S. The molecule has 0 aliphatic carbocycles. The molecule has 4 heterocycles. The Kier molecular flexibility index (Phi) is 5.52. The van der Waals surface area contributed by atoms with Crippen LogP contribution < -0.4 is 0 Å². The van der Waals surface area contributed by atoms with Gasteiger partial charge in [0.05, 0.1) is 31.8 Å². The molecule has 1 aromatic carbocycles. The number of H-pyrrole nitrogens is 1. The van der Waals surface area contributed by atoms with Gasteiger partial charge in [-0.05, 0) is 25.0 Å². The van der Waals surface area contributed by atoms with E-state index in [1.54, 1.807) is 6.07 Å². The number of esters is 1. The molecule has 8 nitrogen and oxygen atoms in total. The van der Waals surface area contributed by atoms with Crippen LogP contribution >= 0.6 is 11.8 Å². The number of ether oxygens (including phenoxy) is 2. The molecule has 1 saturated heterocycles. The van der Waals surface area contributed by atoms with Crippen molar-refractivity contribution in [3.8, 4) is 11.4 Å². The van der Waals surface area contributed by atoms with E-state index in [-0.39, 0.29) is 6.10 Å². The van der Waals surface area contributed by atoms with E-state index in [4.69, 9.17) is 13.9 Å². The third-order valence-electron chi connectivity index (χ3n) is 5.44. The lowest BCUT2D eigenvalue weighted by molar-refractivity contribution is 0.0598.